The SMILES string of the molecule is Oc1c2c(c(O)n1-c1ccccc1)CC([Si]13OCCN(CCO1)CCO3)=CC2. The maximum Gasteiger partial charge on any atom is 0.533 e. The minimum Gasteiger partial charge on any atom is -0.494 e. The largest absolute Gasteiger partial charge is 0.533 e. The Morgan fingerprint density at radius 2 is 1.43 bits per heavy atom. The van der Waals surface area contributed by atoms with Gasteiger partial charge in [0.2, 0.25) is 11.8 Å². The Bertz CT molecular complexity index is 885. The van der Waals surface area contributed by atoms with Crippen LogP contribution in [0.4, 0.5) is 0 Å². The van der Waals surface area contributed by atoms with Crippen molar-refractivity contribution in [3.05, 3.63) is 52.7 Å². The van der Waals surface area contributed by atoms with Gasteiger partial charge in [0.1, 0.15) is 0 Å². The normalized spacial score (nSPS) is 27.4. The van der Waals surface area contributed by atoms with Crippen LogP contribution in [0.2, 0.25) is 0 Å². The molecule has 3 aliphatic heterocycles. The molecule has 0 unspecified atom stereocenters. The maximum atomic E-state index is 10.9. The van der Waals surface area contributed by atoms with E-state index in [-0.39, 0.29) is 11.8 Å². The van der Waals surface area contributed by atoms with Crippen LogP contribution in [0.15, 0.2) is 41.6 Å². The average molecular weight is 401 g/mol. The molecule has 2 N–H and O–H groups in total. The maximum absolute atomic E-state index is 10.9. The van der Waals surface area contributed by atoms with Gasteiger partial charge in [-0.15, -0.1) is 0 Å². The third-order valence-electron chi connectivity index (χ3n) is 5.75. The summed E-state index contributed by atoms with van der Waals surface area (Å²) in [6.45, 7) is 4.40. The average Bonchev–Trinajstić information content (AvgIpc) is 2.92. The van der Waals surface area contributed by atoms with E-state index in [4.69, 9.17) is 13.3 Å². The second-order valence-corrected chi connectivity index (χ2v) is 9.95. The van der Waals surface area contributed by atoms with Crippen LogP contribution in [0.3, 0.4) is 0 Å². The predicted molar refractivity (Wildman–Crippen MR) is 105 cm³/mol. The lowest BCUT2D eigenvalue weighted by atomic mass is 10.0. The minimum atomic E-state index is -2.97. The molecule has 2 aromatic rings. The summed E-state index contributed by atoms with van der Waals surface area (Å²) in [6.07, 6.45) is 3.04. The summed E-state index contributed by atoms with van der Waals surface area (Å²) >= 11 is 0. The highest BCUT2D eigenvalue weighted by molar-refractivity contribution is 6.69. The summed E-state index contributed by atoms with van der Waals surface area (Å²) in [5.41, 5.74) is 2.20. The van der Waals surface area contributed by atoms with E-state index in [1.165, 1.54) is 4.57 Å². The Morgan fingerprint density at radius 1 is 0.821 bits per heavy atom. The Balaban J connectivity index is 1.50. The van der Waals surface area contributed by atoms with E-state index in [0.29, 0.717) is 32.7 Å². The van der Waals surface area contributed by atoms with Crippen molar-refractivity contribution in [2.75, 3.05) is 39.5 Å². The Morgan fingerprint density at radius 3 is 2.07 bits per heavy atom. The van der Waals surface area contributed by atoms with E-state index in [2.05, 4.69) is 11.0 Å². The summed E-state index contributed by atoms with van der Waals surface area (Å²) in [6, 6.07) is 9.38. The molecular weight excluding hydrogens is 376 g/mol. The number of para-hydroxylation sites is 1. The third-order valence-corrected chi connectivity index (χ3v) is 8.67. The Kier molecular flexibility index (Phi) is 4.52. The van der Waals surface area contributed by atoms with Gasteiger partial charge >= 0.3 is 8.80 Å². The van der Waals surface area contributed by atoms with Gasteiger partial charge in [-0.3, -0.25) is 9.47 Å². The van der Waals surface area contributed by atoms with E-state index < -0.39 is 8.80 Å². The molecule has 6 rings (SSSR count). The molecule has 7 nitrogen and oxygen atoms in total. The second kappa shape index (κ2) is 7.05. The van der Waals surface area contributed by atoms with Gasteiger partial charge in [-0.25, -0.2) is 0 Å². The first-order valence-electron chi connectivity index (χ1n) is 9.71. The fourth-order valence-electron chi connectivity index (χ4n) is 4.25. The molecule has 4 aliphatic rings. The molecule has 1 aromatic carbocycles. The van der Waals surface area contributed by atoms with Crippen LogP contribution in [0.5, 0.6) is 11.8 Å². The van der Waals surface area contributed by atoms with Crippen molar-refractivity contribution < 1.29 is 23.5 Å². The number of nitrogens with zero attached hydrogens (tertiary/aromatic N) is 2. The number of aromatic nitrogens is 1. The summed E-state index contributed by atoms with van der Waals surface area (Å²) in [7, 11) is -2.97. The van der Waals surface area contributed by atoms with Crippen molar-refractivity contribution in [2.24, 2.45) is 0 Å². The molecule has 148 valence electrons. The molecule has 28 heavy (non-hydrogen) atoms. The Hall–Kier alpha value is -2.10. The number of fused-ring (bicyclic) bond motifs is 7. The number of hydrogen-bond donors (Lipinski definition) is 2. The molecule has 1 aromatic heterocycles. The van der Waals surface area contributed by atoms with Crippen molar-refractivity contribution in [1.82, 2.24) is 9.47 Å². The first-order valence-corrected chi connectivity index (χ1v) is 11.4. The molecule has 0 amide bonds. The lowest BCUT2D eigenvalue weighted by Crippen LogP contribution is -2.57. The number of allylic oxidation sites excluding steroid dienone is 2. The van der Waals surface area contributed by atoms with Crippen molar-refractivity contribution >= 4 is 8.80 Å². The molecule has 0 spiro atoms. The van der Waals surface area contributed by atoms with Crippen LogP contribution in [0.25, 0.3) is 5.69 Å². The van der Waals surface area contributed by atoms with E-state index in [1.807, 2.05) is 30.3 Å². The zero-order chi connectivity index (χ0) is 19.1. The van der Waals surface area contributed by atoms with Crippen molar-refractivity contribution in [1.29, 1.82) is 0 Å². The van der Waals surface area contributed by atoms with Gasteiger partial charge in [-0.05, 0) is 18.6 Å². The highest BCUT2D eigenvalue weighted by atomic mass is 28.4. The quantitative estimate of drug-likeness (QED) is 0.749. The lowest BCUT2D eigenvalue weighted by Gasteiger charge is -2.39. The van der Waals surface area contributed by atoms with E-state index in [9.17, 15) is 10.2 Å². The summed E-state index contributed by atoms with van der Waals surface area (Å²) in [5, 5.41) is 22.6. The number of benzene rings is 1. The zero-order valence-electron chi connectivity index (χ0n) is 15.6. The van der Waals surface area contributed by atoms with Crippen LogP contribution in [-0.4, -0.2) is 67.9 Å². The molecule has 8 heteroatoms. The molecule has 1 aliphatic carbocycles. The van der Waals surface area contributed by atoms with Gasteiger partial charge in [0.05, 0.1) is 25.5 Å². The molecule has 4 heterocycles. The van der Waals surface area contributed by atoms with Crippen LogP contribution < -0.4 is 0 Å². The van der Waals surface area contributed by atoms with Gasteiger partial charge in [-0.2, -0.15) is 0 Å². The van der Waals surface area contributed by atoms with Crippen LogP contribution in [0, 0.1) is 0 Å². The monoisotopic (exact) mass is 400 g/mol. The van der Waals surface area contributed by atoms with Crippen molar-refractivity contribution in [3.8, 4) is 17.4 Å². The number of hydrogen-bond acceptors (Lipinski definition) is 6. The fraction of sp³-hybridized carbons (Fsp3) is 0.400. The second-order valence-electron chi connectivity index (χ2n) is 7.33. The molecule has 0 radical (unpaired) electrons. The standard InChI is InChI=1S/C20H24N2O5Si/c23-19-17-7-6-16(28-25-11-8-21(9-12-26-28)10-13-27-28)14-18(17)20(24)22(19)15-4-2-1-3-5-15/h1-6,23-24H,7-14H2. The Labute approximate surface area is 164 Å². The highest BCUT2D eigenvalue weighted by Gasteiger charge is 2.49. The van der Waals surface area contributed by atoms with Crippen LogP contribution in [-0.2, 0) is 26.1 Å². The summed E-state index contributed by atoms with van der Waals surface area (Å²) in [5.74, 6) is 0.152. The van der Waals surface area contributed by atoms with Crippen LogP contribution in [0.1, 0.15) is 11.1 Å². The predicted octanol–water partition coefficient (Wildman–Crippen LogP) is 1.77. The molecule has 3 saturated heterocycles. The summed E-state index contributed by atoms with van der Waals surface area (Å²) in [4.78, 5) is 2.29. The third kappa shape index (κ3) is 2.89. The van der Waals surface area contributed by atoms with Crippen LogP contribution >= 0.6 is 0 Å². The van der Waals surface area contributed by atoms with Gasteiger partial charge < -0.3 is 23.5 Å². The van der Waals surface area contributed by atoms with Gasteiger partial charge in [0, 0.05) is 42.4 Å². The van der Waals surface area contributed by atoms with Gasteiger partial charge in [0.25, 0.3) is 0 Å². The fourth-order valence-corrected chi connectivity index (χ4v) is 6.88. The molecule has 3 fully saturated rings. The minimum absolute atomic E-state index is 0.0672. The number of aromatic hydroxyl groups is 2. The first-order chi connectivity index (χ1) is 13.7. The smallest absolute Gasteiger partial charge is 0.494 e. The van der Waals surface area contributed by atoms with Crippen molar-refractivity contribution in [2.45, 2.75) is 12.8 Å². The van der Waals surface area contributed by atoms with Crippen molar-refractivity contribution in [3.63, 3.8) is 0 Å². The molecular formula is C20H24N2O5Si. The first kappa shape index (κ1) is 18.0. The highest BCUT2D eigenvalue weighted by Crippen LogP contribution is 2.42. The number of rotatable bonds is 2. The van der Waals surface area contributed by atoms with E-state index >= 15 is 0 Å². The van der Waals surface area contributed by atoms with Gasteiger partial charge in [-0.1, -0.05) is 24.3 Å². The van der Waals surface area contributed by atoms with Gasteiger partial charge in [0.15, 0.2) is 0 Å². The molecule has 2 bridgehead atoms. The topological polar surface area (TPSA) is 76.3 Å². The molecule has 0 atom stereocenters. The zero-order valence-corrected chi connectivity index (χ0v) is 16.6. The van der Waals surface area contributed by atoms with E-state index in [1.54, 1.807) is 0 Å². The van der Waals surface area contributed by atoms with E-state index in [0.717, 1.165) is 41.6 Å². The summed E-state index contributed by atoms with van der Waals surface area (Å²) < 4.78 is 20.1. The lowest BCUT2D eigenvalue weighted by molar-refractivity contribution is -0.00250. The molecule has 0 saturated carbocycles.